The molecule has 2 nitrogen and oxygen atoms in total. The van der Waals surface area contributed by atoms with E-state index in [-0.39, 0.29) is 5.41 Å². The van der Waals surface area contributed by atoms with Crippen LogP contribution in [0.1, 0.15) is 45.4 Å². The minimum atomic E-state index is -0.498. The Labute approximate surface area is 114 Å². The maximum absolute atomic E-state index is 10.0. The third-order valence-electron chi connectivity index (χ3n) is 2.32. The monoisotopic (exact) mass is 349 g/mol. The fraction of sp³-hybridized carbons (Fsp3) is 0.583. The van der Waals surface area contributed by atoms with E-state index in [9.17, 15) is 5.11 Å². The highest BCUT2D eigenvalue weighted by Gasteiger charge is 2.17. The lowest BCUT2D eigenvalue weighted by Gasteiger charge is -2.20. The molecular formula is C12H17Br2NO. The maximum Gasteiger partial charge on any atom is 0.0971 e. The summed E-state index contributed by atoms with van der Waals surface area (Å²) in [5, 5.41) is 10.0. The van der Waals surface area contributed by atoms with Gasteiger partial charge in [0.2, 0.25) is 0 Å². The Morgan fingerprint density at radius 1 is 1.38 bits per heavy atom. The van der Waals surface area contributed by atoms with E-state index in [4.69, 9.17) is 0 Å². The molecule has 1 unspecified atom stereocenters. The first-order chi connectivity index (χ1) is 7.29. The van der Waals surface area contributed by atoms with Crippen LogP contribution < -0.4 is 0 Å². The molecule has 0 bridgehead atoms. The number of aliphatic hydroxyl groups excluding tert-OH is 1. The number of hydrogen-bond donors (Lipinski definition) is 1. The molecule has 4 heteroatoms. The first-order valence-corrected chi connectivity index (χ1v) is 6.87. The molecule has 90 valence electrons. The topological polar surface area (TPSA) is 33.1 Å². The number of hydrogen-bond acceptors (Lipinski definition) is 2. The number of halogens is 2. The highest BCUT2D eigenvalue weighted by Crippen LogP contribution is 2.30. The number of aromatic nitrogens is 1. The number of rotatable bonds is 3. The minimum Gasteiger partial charge on any atom is -0.387 e. The predicted molar refractivity (Wildman–Crippen MR) is 73.3 cm³/mol. The molecule has 1 atom stereocenters. The van der Waals surface area contributed by atoms with Crippen LogP contribution in [0.15, 0.2) is 21.2 Å². The van der Waals surface area contributed by atoms with Crippen molar-refractivity contribution < 1.29 is 5.11 Å². The van der Waals surface area contributed by atoms with Crippen LogP contribution in [0.4, 0.5) is 0 Å². The second-order valence-corrected chi connectivity index (χ2v) is 6.91. The third kappa shape index (κ3) is 4.52. The zero-order chi connectivity index (χ0) is 12.3. The molecule has 16 heavy (non-hydrogen) atoms. The smallest absolute Gasteiger partial charge is 0.0971 e. The van der Waals surface area contributed by atoms with Crippen LogP contribution in [-0.2, 0) is 0 Å². The summed E-state index contributed by atoms with van der Waals surface area (Å²) in [7, 11) is 0. The molecular weight excluding hydrogens is 334 g/mol. The second-order valence-electron chi connectivity index (χ2n) is 5.14. The Hall–Kier alpha value is 0.0700. The Morgan fingerprint density at radius 3 is 2.50 bits per heavy atom. The molecule has 0 aliphatic carbocycles. The Bertz CT molecular complexity index is 361. The zero-order valence-electron chi connectivity index (χ0n) is 9.80. The van der Waals surface area contributed by atoms with Gasteiger partial charge in [-0.15, -0.1) is 0 Å². The number of aliphatic hydroxyl groups is 1. The fourth-order valence-electron chi connectivity index (χ4n) is 1.38. The number of nitrogens with zero attached hydrogens (tertiary/aromatic N) is 1. The molecule has 0 radical (unpaired) electrons. The van der Waals surface area contributed by atoms with Crippen molar-refractivity contribution in [3.63, 3.8) is 0 Å². The highest BCUT2D eigenvalue weighted by molar-refractivity contribution is 9.11. The minimum absolute atomic E-state index is 0.239. The molecule has 0 spiro atoms. The Balaban J connectivity index is 2.70. The lowest BCUT2D eigenvalue weighted by molar-refractivity contribution is 0.142. The van der Waals surface area contributed by atoms with E-state index < -0.39 is 6.10 Å². The average molecular weight is 351 g/mol. The fourth-order valence-corrected chi connectivity index (χ4v) is 2.63. The molecule has 1 rings (SSSR count). The SMILES string of the molecule is CC(C)(C)CCC(O)c1ncc(Br)cc1Br. The molecule has 0 fully saturated rings. The summed E-state index contributed by atoms with van der Waals surface area (Å²) in [6, 6.07) is 1.91. The Morgan fingerprint density at radius 2 is 2.00 bits per heavy atom. The largest absolute Gasteiger partial charge is 0.387 e. The van der Waals surface area contributed by atoms with Gasteiger partial charge in [-0.05, 0) is 56.2 Å². The standard InChI is InChI=1S/C12H17Br2NO/c1-12(2,3)5-4-10(16)11-9(14)6-8(13)7-15-11/h6-7,10,16H,4-5H2,1-3H3. The van der Waals surface area contributed by atoms with E-state index in [0.29, 0.717) is 5.69 Å². The van der Waals surface area contributed by atoms with Crippen molar-refractivity contribution in [3.8, 4) is 0 Å². The third-order valence-corrected chi connectivity index (χ3v) is 3.39. The lowest BCUT2D eigenvalue weighted by atomic mass is 9.89. The van der Waals surface area contributed by atoms with Crippen molar-refractivity contribution in [2.45, 2.75) is 39.7 Å². The van der Waals surface area contributed by atoms with E-state index in [1.807, 2.05) is 6.07 Å². The molecule has 0 saturated heterocycles. The van der Waals surface area contributed by atoms with Crippen molar-refractivity contribution >= 4 is 31.9 Å². The lowest BCUT2D eigenvalue weighted by Crippen LogP contribution is -2.09. The van der Waals surface area contributed by atoms with Crippen LogP contribution in [-0.4, -0.2) is 10.1 Å². The van der Waals surface area contributed by atoms with Gasteiger partial charge in [0, 0.05) is 15.1 Å². The van der Waals surface area contributed by atoms with Gasteiger partial charge >= 0.3 is 0 Å². The summed E-state index contributed by atoms with van der Waals surface area (Å²) in [4.78, 5) is 4.23. The van der Waals surface area contributed by atoms with Gasteiger partial charge in [-0.3, -0.25) is 4.98 Å². The average Bonchev–Trinajstić information content (AvgIpc) is 2.13. The van der Waals surface area contributed by atoms with E-state index in [0.717, 1.165) is 21.8 Å². The maximum atomic E-state index is 10.0. The van der Waals surface area contributed by atoms with Crippen LogP contribution in [0.2, 0.25) is 0 Å². The van der Waals surface area contributed by atoms with Gasteiger partial charge < -0.3 is 5.11 Å². The van der Waals surface area contributed by atoms with Crippen LogP contribution in [0.3, 0.4) is 0 Å². The normalized spacial score (nSPS) is 13.9. The van der Waals surface area contributed by atoms with E-state index in [1.54, 1.807) is 6.20 Å². The van der Waals surface area contributed by atoms with Gasteiger partial charge in [-0.25, -0.2) is 0 Å². The van der Waals surface area contributed by atoms with Gasteiger partial charge in [-0.2, -0.15) is 0 Å². The van der Waals surface area contributed by atoms with E-state index in [2.05, 4.69) is 57.6 Å². The van der Waals surface area contributed by atoms with Gasteiger partial charge in [0.25, 0.3) is 0 Å². The summed E-state index contributed by atoms with van der Waals surface area (Å²) in [5.74, 6) is 0. The van der Waals surface area contributed by atoms with Crippen molar-refractivity contribution in [1.29, 1.82) is 0 Å². The molecule has 0 aromatic carbocycles. The molecule has 0 aliphatic rings. The van der Waals surface area contributed by atoms with E-state index >= 15 is 0 Å². The molecule has 1 heterocycles. The summed E-state index contributed by atoms with van der Waals surface area (Å²) in [6.07, 6.45) is 2.91. The first kappa shape index (κ1) is 14.1. The van der Waals surface area contributed by atoms with E-state index in [1.165, 1.54) is 0 Å². The van der Waals surface area contributed by atoms with Crippen LogP contribution >= 0.6 is 31.9 Å². The van der Waals surface area contributed by atoms with Crippen molar-refractivity contribution in [2.75, 3.05) is 0 Å². The zero-order valence-corrected chi connectivity index (χ0v) is 13.0. The number of pyridine rings is 1. The predicted octanol–water partition coefficient (Wildman–Crippen LogP) is 4.47. The highest BCUT2D eigenvalue weighted by atomic mass is 79.9. The van der Waals surface area contributed by atoms with Crippen LogP contribution in [0.5, 0.6) is 0 Å². The second kappa shape index (κ2) is 5.61. The first-order valence-electron chi connectivity index (χ1n) is 5.28. The summed E-state index contributed by atoms with van der Waals surface area (Å²) in [5.41, 5.74) is 0.954. The molecule has 1 aromatic rings. The molecule has 0 amide bonds. The molecule has 0 saturated carbocycles. The quantitative estimate of drug-likeness (QED) is 0.872. The van der Waals surface area contributed by atoms with Crippen LogP contribution in [0, 0.1) is 5.41 Å². The summed E-state index contributed by atoms with van der Waals surface area (Å²) in [6.45, 7) is 6.51. The van der Waals surface area contributed by atoms with Crippen LogP contribution in [0.25, 0.3) is 0 Å². The summed E-state index contributed by atoms with van der Waals surface area (Å²) < 4.78 is 1.76. The van der Waals surface area contributed by atoms with Crippen molar-refractivity contribution in [3.05, 3.63) is 26.9 Å². The molecule has 1 aromatic heterocycles. The molecule has 0 aliphatic heterocycles. The summed E-state index contributed by atoms with van der Waals surface area (Å²) >= 11 is 6.76. The van der Waals surface area contributed by atoms with Gasteiger partial charge in [0.05, 0.1) is 11.8 Å². The molecule has 1 N–H and O–H groups in total. The van der Waals surface area contributed by atoms with Gasteiger partial charge in [0.15, 0.2) is 0 Å². The van der Waals surface area contributed by atoms with Gasteiger partial charge in [0.1, 0.15) is 0 Å². The van der Waals surface area contributed by atoms with Gasteiger partial charge in [-0.1, -0.05) is 20.8 Å². The van der Waals surface area contributed by atoms with Crippen molar-refractivity contribution in [2.24, 2.45) is 5.41 Å². The van der Waals surface area contributed by atoms with Crippen molar-refractivity contribution in [1.82, 2.24) is 4.98 Å². The Kier molecular flexibility index (Phi) is 4.95.